The predicted octanol–water partition coefficient (Wildman–Crippen LogP) is -0.711. The number of rotatable bonds is 1. The second-order valence-electron chi connectivity index (χ2n) is 2.27. The van der Waals surface area contributed by atoms with E-state index in [1.807, 2.05) is 0 Å². The number of aliphatic hydroxyl groups excluding tert-OH is 2. The monoisotopic (exact) mass is 156 g/mol. The molecular weight excluding hydrogens is 148 g/mol. The highest BCUT2D eigenvalue weighted by Gasteiger charge is 2.18. The fourth-order valence-electron chi connectivity index (χ4n) is 0.797. The summed E-state index contributed by atoms with van der Waals surface area (Å²) in [5.74, 6) is -1.10. The number of carboxylic acids is 1. The van der Waals surface area contributed by atoms with Crippen LogP contribution in [0.5, 0.6) is 0 Å². The van der Waals surface area contributed by atoms with Crippen molar-refractivity contribution in [1.29, 1.82) is 0 Å². The van der Waals surface area contributed by atoms with E-state index < -0.39 is 18.2 Å². The lowest BCUT2D eigenvalue weighted by Crippen LogP contribution is -2.25. The standard InChI is InChI=1S/C7H8O4/c8-5-2-1-4(7(10)11)3-6(5)9/h1-3,5-6,8-9H,(H,10,11)/t5-,6+/m0/s1. The highest BCUT2D eigenvalue weighted by molar-refractivity contribution is 5.90. The minimum absolute atomic E-state index is 0.00259. The molecule has 3 N–H and O–H groups in total. The van der Waals surface area contributed by atoms with Gasteiger partial charge in [0.2, 0.25) is 0 Å². The normalized spacial score (nSPS) is 29.8. The van der Waals surface area contributed by atoms with E-state index in [1.165, 1.54) is 12.2 Å². The molecule has 0 aliphatic heterocycles. The van der Waals surface area contributed by atoms with Gasteiger partial charge in [0.1, 0.15) is 12.2 Å². The second kappa shape index (κ2) is 2.86. The van der Waals surface area contributed by atoms with Crippen LogP contribution in [0.1, 0.15) is 0 Å². The molecule has 1 rings (SSSR count). The molecule has 4 heteroatoms. The lowest BCUT2D eigenvalue weighted by Gasteiger charge is -2.14. The van der Waals surface area contributed by atoms with Gasteiger partial charge < -0.3 is 15.3 Å². The van der Waals surface area contributed by atoms with Gasteiger partial charge >= 0.3 is 5.97 Å². The van der Waals surface area contributed by atoms with Crippen molar-refractivity contribution in [3.8, 4) is 0 Å². The van der Waals surface area contributed by atoms with E-state index in [0.717, 1.165) is 6.08 Å². The molecular formula is C7H8O4. The molecule has 0 radical (unpaired) electrons. The van der Waals surface area contributed by atoms with E-state index in [0.29, 0.717) is 0 Å². The molecule has 0 saturated heterocycles. The Labute approximate surface area is 63.1 Å². The molecule has 1 aliphatic carbocycles. The number of hydrogen-bond acceptors (Lipinski definition) is 3. The van der Waals surface area contributed by atoms with Crippen LogP contribution in [0, 0.1) is 0 Å². The quantitative estimate of drug-likeness (QED) is 0.468. The number of hydrogen-bond donors (Lipinski definition) is 3. The van der Waals surface area contributed by atoms with E-state index in [1.54, 1.807) is 0 Å². The predicted molar refractivity (Wildman–Crippen MR) is 36.9 cm³/mol. The van der Waals surface area contributed by atoms with Crippen LogP contribution in [0.25, 0.3) is 0 Å². The molecule has 0 unspecified atom stereocenters. The molecule has 0 spiro atoms. The molecule has 2 atom stereocenters. The highest BCUT2D eigenvalue weighted by atomic mass is 16.4. The van der Waals surface area contributed by atoms with Crippen LogP contribution in [0.4, 0.5) is 0 Å². The molecule has 11 heavy (non-hydrogen) atoms. The number of aliphatic carboxylic acids is 1. The summed E-state index contributed by atoms with van der Waals surface area (Å²) in [4.78, 5) is 10.3. The minimum Gasteiger partial charge on any atom is -0.478 e. The van der Waals surface area contributed by atoms with Crippen molar-refractivity contribution >= 4 is 5.97 Å². The Morgan fingerprint density at radius 2 is 2.00 bits per heavy atom. The van der Waals surface area contributed by atoms with Crippen molar-refractivity contribution in [1.82, 2.24) is 0 Å². The van der Waals surface area contributed by atoms with E-state index in [-0.39, 0.29) is 5.57 Å². The van der Waals surface area contributed by atoms with Crippen LogP contribution >= 0.6 is 0 Å². The molecule has 0 amide bonds. The van der Waals surface area contributed by atoms with Crippen LogP contribution in [-0.4, -0.2) is 33.5 Å². The summed E-state index contributed by atoms with van der Waals surface area (Å²) < 4.78 is 0. The third-order valence-electron chi connectivity index (χ3n) is 1.42. The Kier molecular flexibility index (Phi) is 2.07. The molecule has 0 saturated carbocycles. The first-order chi connectivity index (χ1) is 5.11. The van der Waals surface area contributed by atoms with E-state index >= 15 is 0 Å². The maximum atomic E-state index is 10.3. The van der Waals surface area contributed by atoms with Gasteiger partial charge in [-0.3, -0.25) is 0 Å². The molecule has 0 bridgehead atoms. The largest absolute Gasteiger partial charge is 0.478 e. The van der Waals surface area contributed by atoms with Gasteiger partial charge in [0.15, 0.2) is 0 Å². The zero-order valence-electron chi connectivity index (χ0n) is 5.64. The van der Waals surface area contributed by atoms with Gasteiger partial charge in [-0.25, -0.2) is 4.79 Å². The molecule has 0 aromatic rings. The average Bonchev–Trinajstić information content (AvgIpc) is 1.94. The Morgan fingerprint density at radius 3 is 2.45 bits per heavy atom. The van der Waals surface area contributed by atoms with Crippen molar-refractivity contribution in [3.63, 3.8) is 0 Å². The number of carbonyl (C=O) groups is 1. The Hall–Kier alpha value is -1.13. The smallest absolute Gasteiger partial charge is 0.335 e. The van der Waals surface area contributed by atoms with Gasteiger partial charge in [0, 0.05) is 0 Å². The topological polar surface area (TPSA) is 77.8 Å². The van der Waals surface area contributed by atoms with Crippen molar-refractivity contribution in [2.45, 2.75) is 12.2 Å². The lowest BCUT2D eigenvalue weighted by atomic mass is 10.0. The molecule has 60 valence electrons. The minimum atomic E-state index is -1.11. The molecule has 0 aromatic heterocycles. The van der Waals surface area contributed by atoms with Crippen LogP contribution in [0.15, 0.2) is 23.8 Å². The van der Waals surface area contributed by atoms with Crippen LogP contribution in [-0.2, 0) is 4.79 Å². The molecule has 4 nitrogen and oxygen atoms in total. The van der Waals surface area contributed by atoms with Crippen LogP contribution in [0.3, 0.4) is 0 Å². The zero-order valence-corrected chi connectivity index (χ0v) is 5.64. The van der Waals surface area contributed by atoms with Gasteiger partial charge in [-0.2, -0.15) is 0 Å². The van der Waals surface area contributed by atoms with Crippen molar-refractivity contribution in [3.05, 3.63) is 23.8 Å². The van der Waals surface area contributed by atoms with E-state index in [2.05, 4.69) is 0 Å². The summed E-state index contributed by atoms with van der Waals surface area (Å²) >= 11 is 0. The average molecular weight is 156 g/mol. The third-order valence-corrected chi connectivity index (χ3v) is 1.42. The summed E-state index contributed by atoms with van der Waals surface area (Å²) in [6, 6.07) is 0. The van der Waals surface area contributed by atoms with Gasteiger partial charge in [-0.05, 0) is 12.2 Å². The summed E-state index contributed by atoms with van der Waals surface area (Å²) in [6.07, 6.45) is 1.52. The summed E-state index contributed by atoms with van der Waals surface area (Å²) in [6.45, 7) is 0. The van der Waals surface area contributed by atoms with Crippen LogP contribution < -0.4 is 0 Å². The Morgan fingerprint density at radius 1 is 1.36 bits per heavy atom. The number of aliphatic hydroxyl groups is 2. The Balaban J connectivity index is 2.80. The third kappa shape index (κ3) is 1.66. The van der Waals surface area contributed by atoms with Gasteiger partial charge in [0.25, 0.3) is 0 Å². The zero-order chi connectivity index (χ0) is 8.43. The molecule has 1 aliphatic rings. The fourth-order valence-corrected chi connectivity index (χ4v) is 0.797. The maximum absolute atomic E-state index is 10.3. The first-order valence-electron chi connectivity index (χ1n) is 3.10. The first-order valence-corrected chi connectivity index (χ1v) is 3.10. The second-order valence-corrected chi connectivity index (χ2v) is 2.27. The SMILES string of the molecule is O=C(O)C1=C[C@@H](O)[C@@H](O)C=C1. The van der Waals surface area contributed by atoms with E-state index in [4.69, 9.17) is 15.3 Å². The fraction of sp³-hybridized carbons (Fsp3) is 0.286. The van der Waals surface area contributed by atoms with Gasteiger partial charge in [0.05, 0.1) is 5.57 Å². The summed E-state index contributed by atoms with van der Waals surface area (Å²) in [7, 11) is 0. The highest BCUT2D eigenvalue weighted by Crippen LogP contribution is 2.10. The maximum Gasteiger partial charge on any atom is 0.335 e. The lowest BCUT2D eigenvalue weighted by molar-refractivity contribution is -0.132. The van der Waals surface area contributed by atoms with Crippen LogP contribution in [0.2, 0.25) is 0 Å². The summed E-state index contributed by atoms with van der Waals surface area (Å²) in [5, 5.41) is 26.3. The van der Waals surface area contributed by atoms with Crippen molar-refractivity contribution in [2.75, 3.05) is 0 Å². The van der Waals surface area contributed by atoms with Gasteiger partial charge in [-0.15, -0.1) is 0 Å². The molecule has 0 heterocycles. The summed E-state index contributed by atoms with van der Waals surface area (Å²) in [5.41, 5.74) is 0.00259. The van der Waals surface area contributed by atoms with Gasteiger partial charge in [-0.1, -0.05) is 6.08 Å². The van der Waals surface area contributed by atoms with E-state index in [9.17, 15) is 4.79 Å². The molecule has 0 aromatic carbocycles. The van der Waals surface area contributed by atoms with Crippen molar-refractivity contribution in [2.24, 2.45) is 0 Å². The first kappa shape index (κ1) is 7.97. The Bertz CT molecular complexity index is 229. The molecule has 0 fully saturated rings. The number of carboxylic acid groups (broad SMARTS) is 1. The van der Waals surface area contributed by atoms with Crippen molar-refractivity contribution < 1.29 is 20.1 Å².